The topological polar surface area (TPSA) is 67.2 Å². The Hall–Kier alpha value is -1.36. The minimum atomic E-state index is -0.180. The van der Waals surface area contributed by atoms with Gasteiger partial charge in [0.1, 0.15) is 0 Å². The van der Waals surface area contributed by atoms with E-state index in [1.54, 1.807) is 10.9 Å². The van der Waals surface area contributed by atoms with E-state index in [9.17, 15) is 9.90 Å². The number of rotatable bonds is 4. The summed E-state index contributed by atoms with van der Waals surface area (Å²) in [4.78, 5) is 12.1. The van der Waals surface area contributed by atoms with Gasteiger partial charge in [-0.05, 0) is 32.1 Å². The first kappa shape index (κ1) is 13.1. The van der Waals surface area contributed by atoms with Crippen LogP contribution in [0, 0.1) is 12.8 Å². The van der Waals surface area contributed by atoms with E-state index < -0.39 is 0 Å². The second-order valence-electron chi connectivity index (χ2n) is 5.18. The van der Waals surface area contributed by atoms with Gasteiger partial charge in [-0.1, -0.05) is 6.92 Å². The highest BCUT2D eigenvalue weighted by atomic mass is 16.3. The number of hydrogen-bond acceptors (Lipinski definition) is 3. The molecule has 1 aromatic heterocycles. The van der Waals surface area contributed by atoms with Crippen molar-refractivity contribution in [3.8, 4) is 0 Å². The lowest BCUT2D eigenvalue weighted by atomic mass is 9.76. The van der Waals surface area contributed by atoms with Crippen molar-refractivity contribution in [2.45, 2.75) is 45.3 Å². The van der Waals surface area contributed by atoms with Crippen molar-refractivity contribution in [2.24, 2.45) is 13.0 Å². The summed E-state index contributed by atoms with van der Waals surface area (Å²) in [7, 11) is 1.81. The second kappa shape index (κ2) is 5.10. The van der Waals surface area contributed by atoms with Crippen molar-refractivity contribution in [2.75, 3.05) is 0 Å². The van der Waals surface area contributed by atoms with Gasteiger partial charge in [0.05, 0.1) is 17.4 Å². The number of aliphatic hydroxyl groups excluding tert-OH is 1. The van der Waals surface area contributed by atoms with E-state index >= 15 is 0 Å². The average molecular weight is 251 g/mol. The highest BCUT2D eigenvalue weighted by Gasteiger charge is 2.34. The van der Waals surface area contributed by atoms with Crippen molar-refractivity contribution in [1.82, 2.24) is 15.1 Å². The highest BCUT2D eigenvalue weighted by molar-refractivity contribution is 5.95. The maximum absolute atomic E-state index is 12.1. The van der Waals surface area contributed by atoms with Crippen LogP contribution in [0.3, 0.4) is 0 Å². The van der Waals surface area contributed by atoms with Gasteiger partial charge in [0.15, 0.2) is 0 Å². The summed E-state index contributed by atoms with van der Waals surface area (Å²) < 4.78 is 1.65. The summed E-state index contributed by atoms with van der Waals surface area (Å²) >= 11 is 0. The van der Waals surface area contributed by atoms with Gasteiger partial charge in [-0.15, -0.1) is 0 Å². The average Bonchev–Trinajstić information content (AvgIpc) is 2.61. The molecule has 1 unspecified atom stereocenters. The molecular formula is C13H21N3O2. The molecule has 0 bridgehead atoms. The van der Waals surface area contributed by atoms with Gasteiger partial charge in [-0.2, -0.15) is 5.10 Å². The number of aromatic nitrogens is 2. The van der Waals surface area contributed by atoms with Crippen LogP contribution < -0.4 is 5.32 Å². The molecule has 0 spiro atoms. The molecule has 1 aliphatic rings. The molecule has 0 aromatic carbocycles. The first-order valence-electron chi connectivity index (χ1n) is 6.50. The van der Waals surface area contributed by atoms with E-state index in [0.717, 1.165) is 25.0 Å². The molecule has 5 nitrogen and oxygen atoms in total. The number of nitrogens with one attached hydrogen (secondary N) is 1. The molecule has 5 heteroatoms. The summed E-state index contributed by atoms with van der Waals surface area (Å²) in [6, 6.07) is 0.153. The quantitative estimate of drug-likeness (QED) is 0.839. The van der Waals surface area contributed by atoms with Crippen molar-refractivity contribution < 1.29 is 9.90 Å². The van der Waals surface area contributed by atoms with E-state index in [0.29, 0.717) is 11.5 Å². The first-order chi connectivity index (χ1) is 8.51. The van der Waals surface area contributed by atoms with Gasteiger partial charge in [-0.3, -0.25) is 9.48 Å². The Balaban J connectivity index is 1.99. The number of carbonyl (C=O) groups excluding carboxylic acids is 1. The van der Waals surface area contributed by atoms with Crippen molar-refractivity contribution in [3.05, 3.63) is 17.5 Å². The molecule has 18 heavy (non-hydrogen) atoms. The fraction of sp³-hybridized carbons (Fsp3) is 0.692. The summed E-state index contributed by atoms with van der Waals surface area (Å²) in [6.45, 7) is 3.90. The van der Waals surface area contributed by atoms with Gasteiger partial charge in [0.2, 0.25) is 0 Å². The van der Waals surface area contributed by atoms with Crippen molar-refractivity contribution in [3.63, 3.8) is 0 Å². The Bertz CT molecular complexity index is 435. The smallest absolute Gasteiger partial charge is 0.254 e. The minimum absolute atomic E-state index is 0.0613. The third-order valence-corrected chi connectivity index (χ3v) is 3.73. The molecule has 1 heterocycles. The molecule has 2 N–H and O–H groups in total. The second-order valence-corrected chi connectivity index (χ2v) is 5.18. The Morgan fingerprint density at radius 2 is 2.33 bits per heavy atom. The van der Waals surface area contributed by atoms with Gasteiger partial charge in [0, 0.05) is 19.3 Å². The molecule has 100 valence electrons. The standard InChI is InChI=1S/C13H21N3O2/c1-4-12(9-5-10(17)6-9)14-13(18)11-7-16(3)15-8(11)2/h7,9-10,12,17H,4-6H2,1-3H3,(H,14,18). The van der Waals surface area contributed by atoms with Crippen LogP contribution in [0.5, 0.6) is 0 Å². The number of aryl methyl sites for hydroxylation is 2. The maximum atomic E-state index is 12.1. The van der Waals surface area contributed by atoms with Gasteiger partial charge in [-0.25, -0.2) is 0 Å². The summed E-state index contributed by atoms with van der Waals surface area (Å²) in [5.41, 5.74) is 1.38. The van der Waals surface area contributed by atoms with Gasteiger partial charge in [0.25, 0.3) is 5.91 Å². The number of amides is 1. The highest BCUT2D eigenvalue weighted by Crippen LogP contribution is 2.31. The molecule has 2 rings (SSSR count). The van der Waals surface area contributed by atoms with Crippen molar-refractivity contribution >= 4 is 5.91 Å². The lowest BCUT2D eigenvalue weighted by molar-refractivity contribution is 0.0232. The first-order valence-corrected chi connectivity index (χ1v) is 6.50. The Morgan fingerprint density at radius 1 is 1.67 bits per heavy atom. The van der Waals surface area contributed by atoms with E-state index in [-0.39, 0.29) is 18.1 Å². The van der Waals surface area contributed by atoms with Crippen LogP contribution in [-0.2, 0) is 7.05 Å². The van der Waals surface area contributed by atoms with Crippen LogP contribution in [0.1, 0.15) is 42.2 Å². The number of carbonyl (C=O) groups is 1. The van der Waals surface area contributed by atoms with Crippen molar-refractivity contribution in [1.29, 1.82) is 0 Å². The summed E-state index contributed by atoms with van der Waals surface area (Å²) in [6.07, 6.45) is 4.05. The van der Waals surface area contributed by atoms with Gasteiger partial charge >= 0.3 is 0 Å². The van der Waals surface area contributed by atoms with Crippen LogP contribution >= 0.6 is 0 Å². The summed E-state index contributed by atoms with van der Waals surface area (Å²) in [5.74, 6) is 0.347. The molecule has 0 saturated heterocycles. The molecule has 1 amide bonds. The van der Waals surface area contributed by atoms with E-state index in [4.69, 9.17) is 0 Å². The Morgan fingerprint density at radius 3 is 2.78 bits per heavy atom. The number of nitrogens with zero attached hydrogens (tertiary/aromatic N) is 2. The van der Waals surface area contributed by atoms with E-state index in [1.807, 2.05) is 14.0 Å². The zero-order valence-corrected chi connectivity index (χ0v) is 11.2. The molecule has 1 aromatic rings. The molecule has 0 aliphatic heterocycles. The molecule has 0 radical (unpaired) electrons. The predicted molar refractivity (Wildman–Crippen MR) is 68.2 cm³/mol. The minimum Gasteiger partial charge on any atom is -0.393 e. The predicted octanol–water partition coefficient (Wildman–Crippen LogP) is 1.01. The Kier molecular flexibility index (Phi) is 3.71. The lowest BCUT2D eigenvalue weighted by Crippen LogP contribution is -2.46. The molecule has 1 saturated carbocycles. The largest absolute Gasteiger partial charge is 0.393 e. The third-order valence-electron chi connectivity index (χ3n) is 3.73. The third kappa shape index (κ3) is 2.56. The monoisotopic (exact) mass is 251 g/mol. The van der Waals surface area contributed by atoms with Crippen LogP contribution in [0.15, 0.2) is 6.20 Å². The normalized spacial score (nSPS) is 24.4. The lowest BCUT2D eigenvalue weighted by Gasteiger charge is -2.37. The van der Waals surface area contributed by atoms with Crippen LogP contribution in [-0.4, -0.2) is 32.9 Å². The maximum Gasteiger partial charge on any atom is 0.254 e. The fourth-order valence-corrected chi connectivity index (χ4v) is 2.58. The summed E-state index contributed by atoms with van der Waals surface area (Å²) in [5, 5.41) is 16.6. The molecule has 1 fully saturated rings. The van der Waals surface area contributed by atoms with Crippen LogP contribution in [0.2, 0.25) is 0 Å². The van der Waals surface area contributed by atoms with E-state index in [2.05, 4.69) is 17.3 Å². The number of hydrogen-bond donors (Lipinski definition) is 2. The van der Waals surface area contributed by atoms with Crippen LogP contribution in [0.25, 0.3) is 0 Å². The zero-order chi connectivity index (χ0) is 13.3. The number of aliphatic hydroxyl groups is 1. The zero-order valence-electron chi connectivity index (χ0n) is 11.2. The molecule has 1 atom stereocenters. The van der Waals surface area contributed by atoms with E-state index in [1.165, 1.54) is 0 Å². The van der Waals surface area contributed by atoms with Crippen LogP contribution in [0.4, 0.5) is 0 Å². The SMILES string of the molecule is CCC(NC(=O)c1cn(C)nc1C)C1CC(O)C1. The fourth-order valence-electron chi connectivity index (χ4n) is 2.58. The molecular weight excluding hydrogens is 230 g/mol. The molecule has 1 aliphatic carbocycles. The van der Waals surface area contributed by atoms with Gasteiger partial charge < -0.3 is 10.4 Å². The Labute approximate surface area is 107 Å².